The monoisotopic (exact) mass is 216 g/mol. The molecule has 86 valence electrons. The molecule has 0 aliphatic carbocycles. The van der Waals surface area contributed by atoms with Crippen LogP contribution in [0.1, 0.15) is 12.8 Å². The van der Waals surface area contributed by atoms with Crippen molar-refractivity contribution in [3.05, 3.63) is 0 Å². The number of urea groups is 1. The van der Waals surface area contributed by atoms with E-state index >= 15 is 0 Å². The normalized spacial score (nSPS) is 11.5. The molecule has 1 unspecified atom stereocenters. The molecule has 0 spiro atoms. The quantitative estimate of drug-likeness (QED) is 0.292. The maximum absolute atomic E-state index is 10.8. The van der Waals surface area contributed by atoms with E-state index in [4.69, 9.17) is 11.5 Å². The highest BCUT2D eigenvalue weighted by Gasteiger charge is 2.09. The zero-order chi connectivity index (χ0) is 11.7. The summed E-state index contributed by atoms with van der Waals surface area (Å²) in [5, 5.41) is 4.81. The molecule has 6 N–H and O–H groups in total. The van der Waals surface area contributed by atoms with Crippen LogP contribution in [-0.4, -0.2) is 37.4 Å². The molecular formula is C8H16N4O3. The number of hydrogen-bond acceptors (Lipinski definition) is 4. The van der Waals surface area contributed by atoms with Crippen LogP contribution in [-0.2, 0) is 9.59 Å². The van der Waals surface area contributed by atoms with E-state index in [0.717, 1.165) is 0 Å². The second-order valence-corrected chi connectivity index (χ2v) is 2.95. The van der Waals surface area contributed by atoms with E-state index in [2.05, 4.69) is 10.6 Å². The van der Waals surface area contributed by atoms with E-state index in [9.17, 15) is 14.4 Å². The molecule has 0 fully saturated rings. The molecular weight excluding hydrogens is 200 g/mol. The predicted octanol–water partition coefficient (Wildman–Crippen LogP) is -1.92. The van der Waals surface area contributed by atoms with Gasteiger partial charge in [0.15, 0.2) is 0 Å². The molecule has 0 rings (SSSR count). The summed E-state index contributed by atoms with van der Waals surface area (Å²) in [6, 6.07) is -1.17. The number of carbonyl (C=O) groups excluding carboxylic acids is 3. The van der Waals surface area contributed by atoms with Crippen molar-refractivity contribution in [2.24, 2.45) is 11.5 Å². The average Bonchev–Trinajstić information content (AvgIpc) is 2.21. The molecule has 0 aromatic heterocycles. The molecule has 7 nitrogen and oxygen atoms in total. The summed E-state index contributed by atoms with van der Waals surface area (Å²) in [5.74, 6) is -0.380. The van der Waals surface area contributed by atoms with Crippen LogP contribution in [0.25, 0.3) is 0 Å². The summed E-state index contributed by atoms with van der Waals surface area (Å²) >= 11 is 0. The Labute approximate surface area is 87.6 Å². The number of primary amides is 1. The van der Waals surface area contributed by atoms with Gasteiger partial charge in [0, 0.05) is 6.54 Å². The van der Waals surface area contributed by atoms with E-state index < -0.39 is 12.1 Å². The Morgan fingerprint density at radius 2 is 2.07 bits per heavy atom. The smallest absolute Gasteiger partial charge is 0.312 e. The minimum Gasteiger partial charge on any atom is -0.352 e. The van der Waals surface area contributed by atoms with Crippen molar-refractivity contribution < 1.29 is 14.4 Å². The molecule has 0 saturated carbocycles. The summed E-state index contributed by atoms with van der Waals surface area (Å²) in [6.07, 6.45) is 1.63. The molecule has 0 aromatic rings. The van der Waals surface area contributed by atoms with Crippen LogP contribution >= 0.6 is 0 Å². The highest BCUT2D eigenvalue weighted by Crippen LogP contribution is 1.93. The summed E-state index contributed by atoms with van der Waals surface area (Å²) in [7, 11) is 0. The largest absolute Gasteiger partial charge is 0.352 e. The Kier molecular flexibility index (Phi) is 6.90. The molecule has 0 saturated heterocycles. The Balaban J connectivity index is 3.66. The van der Waals surface area contributed by atoms with Gasteiger partial charge >= 0.3 is 6.03 Å². The fourth-order valence-corrected chi connectivity index (χ4v) is 0.974. The summed E-state index contributed by atoms with van der Waals surface area (Å²) in [5.41, 5.74) is 9.91. The number of carbonyl (C=O) groups is 3. The third-order valence-corrected chi connectivity index (χ3v) is 1.69. The molecule has 0 aliphatic rings. The van der Waals surface area contributed by atoms with Crippen molar-refractivity contribution in [3.63, 3.8) is 0 Å². The third-order valence-electron chi connectivity index (χ3n) is 1.69. The summed E-state index contributed by atoms with van der Waals surface area (Å²) in [6.45, 7) is 0.224. The first kappa shape index (κ1) is 13.4. The van der Waals surface area contributed by atoms with E-state index in [1.165, 1.54) is 0 Å². The standard InChI is InChI=1S/C8H16N4O3/c9-4-7(14)12-6(5-13)2-1-3-11-8(10)15/h5-6H,1-4,9H2,(H,12,14)(H3,10,11,15). The van der Waals surface area contributed by atoms with Crippen LogP contribution in [0.2, 0.25) is 0 Å². The predicted molar refractivity (Wildman–Crippen MR) is 53.9 cm³/mol. The number of nitrogens with two attached hydrogens (primary N) is 2. The molecule has 0 aromatic carbocycles. The first-order valence-corrected chi connectivity index (χ1v) is 4.58. The van der Waals surface area contributed by atoms with Gasteiger partial charge in [-0.25, -0.2) is 4.79 Å². The lowest BCUT2D eigenvalue weighted by atomic mass is 10.2. The second kappa shape index (κ2) is 7.74. The summed E-state index contributed by atoms with van der Waals surface area (Å²) in [4.78, 5) is 31.6. The zero-order valence-electron chi connectivity index (χ0n) is 8.36. The zero-order valence-corrected chi connectivity index (χ0v) is 8.36. The fraction of sp³-hybridized carbons (Fsp3) is 0.625. The Bertz CT molecular complexity index is 232. The van der Waals surface area contributed by atoms with Gasteiger partial charge in [-0.2, -0.15) is 0 Å². The van der Waals surface area contributed by atoms with Crippen LogP contribution in [0.5, 0.6) is 0 Å². The first-order valence-electron chi connectivity index (χ1n) is 4.58. The molecule has 0 radical (unpaired) electrons. The van der Waals surface area contributed by atoms with Gasteiger partial charge in [-0.1, -0.05) is 0 Å². The fourth-order valence-electron chi connectivity index (χ4n) is 0.974. The van der Waals surface area contributed by atoms with E-state index in [0.29, 0.717) is 25.7 Å². The van der Waals surface area contributed by atoms with Crippen molar-refractivity contribution in [3.8, 4) is 0 Å². The van der Waals surface area contributed by atoms with Gasteiger partial charge in [-0.05, 0) is 12.8 Å². The van der Waals surface area contributed by atoms with Gasteiger partial charge in [0.05, 0.1) is 12.6 Å². The lowest BCUT2D eigenvalue weighted by Gasteiger charge is -2.11. The molecule has 7 heteroatoms. The van der Waals surface area contributed by atoms with Crippen LogP contribution in [0.15, 0.2) is 0 Å². The van der Waals surface area contributed by atoms with Crippen molar-refractivity contribution >= 4 is 18.2 Å². The first-order chi connectivity index (χ1) is 7.10. The minimum atomic E-state index is -0.608. The number of aldehydes is 1. The molecule has 0 aliphatic heterocycles. The van der Waals surface area contributed by atoms with E-state index in [-0.39, 0.29) is 12.5 Å². The number of rotatable bonds is 7. The molecule has 0 bridgehead atoms. The highest BCUT2D eigenvalue weighted by atomic mass is 16.2. The number of nitrogens with one attached hydrogen (secondary N) is 2. The van der Waals surface area contributed by atoms with Gasteiger partial charge < -0.3 is 26.9 Å². The molecule has 1 atom stereocenters. The van der Waals surface area contributed by atoms with E-state index in [1.54, 1.807) is 0 Å². The Morgan fingerprint density at radius 3 is 2.53 bits per heavy atom. The van der Waals surface area contributed by atoms with E-state index in [1.807, 2.05) is 0 Å². The van der Waals surface area contributed by atoms with Crippen molar-refractivity contribution in [1.82, 2.24) is 10.6 Å². The van der Waals surface area contributed by atoms with Crippen LogP contribution in [0.4, 0.5) is 4.79 Å². The average molecular weight is 216 g/mol. The third kappa shape index (κ3) is 7.44. The van der Waals surface area contributed by atoms with Crippen LogP contribution < -0.4 is 22.1 Å². The molecule has 0 heterocycles. The highest BCUT2D eigenvalue weighted by molar-refractivity contribution is 5.81. The Morgan fingerprint density at radius 1 is 1.40 bits per heavy atom. The lowest BCUT2D eigenvalue weighted by molar-refractivity contribution is -0.122. The molecule has 3 amide bonds. The lowest BCUT2D eigenvalue weighted by Crippen LogP contribution is -2.40. The SMILES string of the molecule is NCC(=O)NC(C=O)CCCNC(N)=O. The maximum Gasteiger partial charge on any atom is 0.312 e. The van der Waals surface area contributed by atoms with Crippen molar-refractivity contribution in [2.75, 3.05) is 13.1 Å². The number of amides is 3. The Hall–Kier alpha value is -1.63. The summed E-state index contributed by atoms with van der Waals surface area (Å²) < 4.78 is 0. The van der Waals surface area contributed by atoms with Crippen molar-refractivity contribution in [2.45, 2.75) is 18.9 Å². The van der Waals surface area contributed by atoms with Gasteiger partial charge in [0.1, 0.15) is 6.29 Å². The minimum absolute atomic E-state index is 0.149. The van der Waals surface area contributed by atoms with Crippen molar-refractivity contribution in [1.29, 1.82) is 0 Å². The van der Waals surface area contributed by atoms with Crippen LogP contribution in [0, 0.1) is 0 Å². The maximum atomic E-state index is 10.8. The molecule has 15 heavy (non-hydrogen) atoms. The van der Waals surface area contributed by atoms with Gasteiger partial charge in [0.2, 0.25) is 5.91 Å². The topological polar surface area (TPSA) is 127 Å². The second-order valence-electron chi connectivity index (χ2n) is 2.95. The van der Waals surface area contributed by atoms with Gasteiger partial charge in [-0.15, -0.1) is 0 Å². The van der Waals surface area contributed by atoms with Gasteiger partial charge in [-0.3, -0.25) is 4.79 Å². The van der Waals surface area contributed by atoms with Crippen LogP contribution in [0.3, 0.4) is 0 Å². The van der Waals surface area contributed by atoms with Gasteiger partial charge in [0.25, 0.3) is 0 Å². The number of hydrogen-bond donors (Lipinski definition) is 4.